The molecule has 6 heteroatoms. The van der Waals surface area contributed by atoms with Crippen LogP contribution in [0.15, 0.2) is 60.9 Å². The van der Waals surface area contributed by atoms with Crippen molar-refractivity contribution in [3.63, 3.8) is 0 Å². The molecule has 128 valence electrons. The maximum Gasteiger partial charge on any atom is 0.143 e. The molecule has 0 spiro atoms. The standard InChI is InChI=1S/C19H22N6/c1-15-11-17(13-24(15)12-16-7-3-2-4-8-16)21-18-9-5-6-10-19(18)25-14-20-22-23-25/h2-10,14-15,17,21H,11-13H2,1H3. The van der Waals surface area contributed by atoms with Crippen LogP contribution >= 0.6 is 0 Å². The Morgan fingerprint density at radius 3 is 2.68 bits per heavy atom. The highest BCUT2D eigenvalue weighted by atomic mass is 15.5. The van der Waals surface area contributed by atoms with Crippen molar-refractivity contribution in [2.24, 2.45) is 0 Å². The number of para-hydroxylation sites is 2. The Morgan fingerprint density at radius 2 is 1.88 bits per heavy atom. The highest BCUT2D eigenvalue weighted by Crippen LogP contribution is 2.26. The highest BCUT2D eigenvalue weighted by molar-refractivity contribution is 5.61. The van der Waals surface area contributed by atoms with Gasteiger partial charge in [0.15, 0.2) is 0 Å². The van der Waals surface area contributed by atoms with E-state index in [0.717, 1.165) is 30.9 Å². The van der Waals surface area contributed by atoms with Gasteiger partial charge in [0.1, 0.15) is 6.33 Å². The number of aromatic nitrogens is 4. The lowest BCUT2D eigenvalue weighted by Gasteiger charge is -2.21. The average molecular weight is 334 g/mol. The van der Waals surface area contributed by atoms with Gasteiger partial charge >= 0.3 is 0 Å². The van der Waals surface area contributed by atoms with Gasteiger partial charge in [-0.3, -0.25) is 4.90 Å². The van der Waals surface area contributed by atoms with Gasteiger partial charge in [0.05, 0.1) is 11.4 Å². The van der Waals surface area contributed by atoms with Crippen molar-refractivity contribution in [1.82, 2.24) is 25.1 Å². The average Bonchev–Trinajstić information content (AvgIpc) is 3.27. The Bertz CT molecular complexity index is 802. The third-order valence-corrected chi connectivity index (χ3v) is 4.79. The van der Waals surface area contributed by atoms with Gasteiger partial charge in [0.25, 0.3) is 0 Å². The lowest BCUT2D eigenvalue weighted by atomic mass is 10.1. The Hall–Kier alpha value is -2.73. The second kappa shape index (κ2) is 7.03. The topological polar surface area (TPSA) is 58.9 Å². The molecule has 0 radical (unpaired) electrons. The van der Waals surface area contributed by atoms with E-state index in [1.165, 1.54) is 5.56 Å². The molecule has 1 aromatic heterocycles. The predicted molar refractivity (Wildman–Crippen MR) is 97.5 cm³/mol. The molecule has 1 saturated heterocycles. The van der Waals surface area contributed by atoms with Crippen LogP contribution in [0.2, 0.25) is 0 Å². The van der Waals surface area contributed by atoms with Crippen LogP contribution in [0.4, 0.5) is 5.69 Å². The van der Waals surface area contributed by atoms with E-state index in [0.29, 0.717) is 12.1 Å². The first kappa shape index (κ1) is 15.8. The molecule has 1 fully saturated rings. The van der Waals surface area contributed by atoms with E-state index in [-0.39, 0.29) is 0 Å². The fourth-order valence-electron chi connectivity index (χ4n) is 3.53. The van der Waals surface area contributed by atoms with Crippen LogP contribution in [0.5, 0.6) is 0 Å². The predicted octanol–water partition coefficient (Wildman–Crippen LogP) is 2.74. The zero-order valence-electron chi connectivity index (χ0n) is 14.3. The van der Waals surface area contributed by atoms with Gasteiger partial charge in [0, 0.05) is 25.2 Å². The minimum absolute atomic E-state index is 0.413. The third-order valence-electron chi connectivity index (χ3n) is 4.79. The van der Waals surface area contributed by atoms with Crippen molar-refractivity contribution in [2.45, 2.75) is 32.0 Å². The van der Waals surface area contributed by atoms with Gasteiger partial charge in [0.2, 0.25) is 0 Å². The van der Waals surface area contributed by atoms with Crippen LogP contribution in [0.3, 0.4) is 0 Å². The highest BCUT2D eigenvalue weighted by Gasteiger charge is 2.29. The lowest BCUT2D eigenvalue weighted by molar-refractivity contribution is 0.259. The summed E-state index contributed by atoms with van der Waals surface area (Å²) in [5.74, 6) is 0. The second-order valence-electron chi connectivity index (χ2n) is 6.61. The van der Waals surface area contributed by atoms with E-state index < -0.39 is 0 Å². The molecule has 6 nitrogen and oxygen atoms in total. The molecule has 4 rings (SSSR count). The fraction of sp³-hybridized carbons (Fsp3) is 0.316. The zero-order chi connectivity index (χ0) is 17.1. The Balaban J connectivity index is 1.46. The van der Waals surface area contributed by atoms with Crippen molar-refractivity contribution < 1.29 is 0 Å². The van der Waals surface area contributed by atoms with Crippen molar-refractivity contribution in [3.05, 3.63) is 66.5 Å². The molecule has 1 N–H and O–H groups in total. The van der Waals surface area contributed by atoms with Crippen LogP contribution in [0, 0.1) is 0 Å². The fourth-order valence-corrected chi connectivity index (χ4v) is 3.53. The van der Waals surface area contributed by atoms with E-state index in [1.807, 2.05) is 18.2 Å². The molecule has 0 aliphatic carbocycles. The summed E-state index contributed by atoms with van der Waals surface area (Å²) < 4.78 is 1.70. The number of nitrogens with one attached hydrogen (secondary N) is 1. The van der Waals surface area contributed by atoms with Gasteiger partial charge in [-0.15, -0.1) is 5.10 Å². The Kier molecular flexibility index (Phi) is 4.43. The number of likely N-dealkylation sites (tertiary alicyclic amines) is 1. The first-order valence-electron chi connectivity index (χ1n) is 8.66. The smallest absolute Gasteiger partial charge is 0.143 e. The maximum atomic E-state index is 4.01. The van der Waals surface area contributed by atoms with Crippen LogP contribution in [-0.2, 0) is 6.54 Å². The number of rotatable bonds is 5. The Morgan fingerprint density at radius 1 is 1.08 bits per heavy atom. The first-order valence-corrected chi connectivity index (χ1v) is 8.66. The maximum absolute atomic E-state index is 4.01. The molecule has 1 aliphatic rings. The summed E-state index contributed by atoms with van der Waals surface area (Å²) in [6, 6.07) is 19.8. The summed E-state index contributed by atoms with van der Waals surface area (Å²) in [4.78, 5) is 2.53. The molecule has 0 amide bonds. The first-order chi connectivity index (χ1) is 12.3. The largest absolute Gasteiger partial charge is 0.379 e. The molecule has 3 aromatic rings. The number of hydrogen-bond donors (Lipinski definition) is 1. The number of hydrogen-bond acceptors (Lipinski definition) is 5. The third kappa shape index (κ3) is 3.53. The molecular weight excluding hydrogens is 312 g/mol. The van der Waals surface area contributed by atoms with Crippen LogP contribution in [-0.4, -0.2) is 43.7 Å². The summed E-state index contributed by atoms with van der Waals surface area (Å²) in [5.41, 5.74) is 3.40. The van der Waals surface area contributed by atoms with Crippen LogP contribution in [0.25, 0.3) is 5.69 Å². The van der Waals surface area contributed by atoms with Crippen molar-refractivity contribution in [1.29, 1.82) is 0 Å². The minimum atomic E-state index is 0.413. The van der Waals surface area contributed by atoms with Gasteiger partial charge in [-0.25, -0.2) is 0 Å². The lowest BCUT2D eigenvalue weighted by Crippen LogP contribution is -2.28. The number of benzene rings is 2. The summed E-state index contributed by atoms with van der Waals surface area (Å²) >= 11 is 0. The van der Waals surface area contributed by atoms with E-state index in [9.17, 15) is 0 Å². The molecule has 25 heavy (non-hydrogen) atoms. The number of nitrogens with zero attached hydrogens (tertiary/aromatic N) is 5. The summed E-state index contributed by atoms with van der Waals surface area (Å²) in [5, 5.41) is 15.2. The molecule has 0 bridgehead atoms. The van der Waals surface area contributed by atoms with E-state index in [4.69, 9.17) is 0 Å². The molecule has 2 heterocycles. The monoisotopic (exact) mass is 334 g/mol. The minimum Gasteiger partial charge on any atom is -0.379 e. The molecule has 2 atom stereocenters. The van der Waals surface area contributed by atoms with Crippen molar-refractivity contribution >= 4 is 5.69 Å². The number of tetrazole rings is 1. The van der Waals surface area contributed by atoms with Crippen LogP contribution < -0.4 is 5.32 Å². The van der Waals surface area contributed by atoms with E-state index >= 15 is 0 Å². The van der Waals surface area contributed by atoms with Gasteiger partial charge in [-0.1, -0.05) is 42.5 Å². The SMILES string of the molecule is CC1CC(Nc2ccccc2-n2cnnn2)CN1Cc1ccccc1. The molecule has 2 aromatic carbocycles. The summed E-state index contributed by atoms with van der Waals surface area (Å²) in [6.45, 7) is 4.33. The van der Waals surface area contributed by atoms with Gasteiger partial charge < -0.3 is 5.32 Å². The number of anilines is 1. The molecule has 1 aliphatic heterocycles. The van der Waals surface area contributed by atoms with E-state index in [2.05, 4.69) is 69.1 Å². The zero-order valence-corrected chi connectivity index (χ0v) is 14.3. The quantitative estimate of drug-likeness (QED) is 0.777. The normalized spacial score (nSPS) is 20.7. The molecule has 2 unspecified atom stereocenters. The van der Waals surface area contributed by atoms with E-state index in [1.54, 1.807) is 11.0 Å². The molecular formula is C19H22N6. The van der Waals surface area contributed by atoms with Crippen LogP contribution in [0.1, 0.15) is 18.9 Å². The van der Waals surface area contributed by atoms with Gasteiger partial charge in [-0.2, -0.15) is 4.68 Å². The summed E-state index contributed by atoms with van der Waals surface area (Å²) in [6.07, 6.45) is 2.75. The van der Waals surface area contributed by atoms with Crippen molar-refractivity contribution in [2.75, 3.05) is 11.9 Å². The Labute approximate surface area is 147 Å². The van der Waals surface area contributed by atoms with Crippen molar-refractivity contribution in [3.8, 4) is 5.69 Å². The second-order valence-corrected chi connectivity index (χ2v) is 6.61. The van der Waals surface area contributed by atoms with Gasteiger partial charge in [-0.05, 0) is 41.5 Å². The molecule has 0 saturated carbocycles. The summed E-state index contributed by atoms with van der Waals surface area (Å²) in [7, 11) is 0.